The van der Waals surface area contributed by atoms with Gasteiger partial charge in [0.2, 0.25) is 0 Å². The number of rotatable bonds is 5. The van der Waals surface area contributed by atoms with E-state index in [4.69, 9.17) is 0 Å². The average molecular weight is 274 g/mol. The van der Waals surface area contributed by atoms with Gasteiger partial charge in [0.25, 0.3) is 0 Å². The zero-order valence-electron chi connectivity index (χ0n) is 13.7. The molecule has 1 aliphatic rings. The van der Waals surface area contributed by atoms with Crippen molar-refractivity contribution in [3.63, 3.8) is 0 Å². The first-order valence-electron chi connectivity index (χ1n) is 7.99. The maximum absolute atomic E-state index is 2.47. The molecule has 2 heteroatoms. The molecule has 2 nitrogen and oxygen atoms in total. The van der Waals surface area contributed by atoms with E-state index in [1.54, 1.807) is 11.1 Å². The first-order valence-corrected chi connectivity index (χ1v) is 7.99. The van der Waals surface area contributed by atoms with Crippen molar-refractivity contribution in [1.29, 1.82) is 0 Å². The molecule has 20 heavy (non-hydrogen) atoms. The molecule has 1 saturated heterocycles. The summed E-state index contributed by atoms with van der Waals surface area (Å²) in [5.41, 5.74) is 3.53. The maximum Gasteiger partial charge on any atom is 0.0107 e. The van der Waals surface area contributed by atoms with Gasteiger partial charge in [-0.25, -0.2) is 0 Å². The Morgan fingerprint density at radius 3 is 2.40 bits per heavy atom. The molecular weight excluding hydrogens is 244 g/mol. The van der Waals surface area contributed by atoms with Gasteiger partial charge in [-0.2, -0.15) is 0 Å². The second-order valence-electron chi connectivity index (χ2n) is 6.73. The van der Waals surface area contributed by atoms with E-state index in [1.165, 1.54) is 45.3 Å². The summed E-state index contributed by atoms with van der Waals surface area (Å²) in [6, 6.07) is 9.16. The van der Waals surface area contributed by atoms with Crippen molar-refractivity contribution in [3.05, 3.63) is 35.4 Å². The van der Waals surface area contributed by atoms with Gasteiger partial charge in [-0.15, -0.1) is 0 Å². The number of likely N-dealkylation sites (N-methyl/N-ethyl adjacent to an activating group) is 1. The van der Waals surface area contributed by atoms with Gasteiger partial charge in [-0.1, -0.05) is 37.6 Å². The lowest BCUT2D eigenvalue weighted by Crippen LogP contribution is -2.47. The lowest BCUT2D eigenvalue weighted by molar-refractivity contribution is 0.153. The van der Waals surface area contributed by atoms with E-state index < -0.39 is 0 Å². The fraction of sp³-hybridized carbons (Fsp3) is 0.667. The third-order valence-electron chi connectivity index (χ3n) is 4.67. The summed E-state index contributed by atoms with van der Waals surface area (Å²) in [5.74, 6) is 0. The smallest absolute Gasteiger partial charge is 0.0107 e. The zero-order valence-corrected chi connectivity index (χ0v) is 13.7. The lowest BCUT2D eigenvalue weighted by atomic mass is 9.70. The number of piperidine rings is 1. The molecule has 1 fully saturated rings. The van der Waals surface area contributed by atoms with Gasteiger partial charge in [0.1, 0.15) is 0 Å². The third-order valence-corrected chi connectivity index (χ3v) is 4.67. The van der Waals surface area contributed by atoms with Gasteiger partial charge in [0.15, 0.2) is 0 Å². The topological polar surface area (TPSA) is 6.48 Å². The second kappa shape index (κ2) is 6.73. The van der Waals surface area contributed by atoms with E-state index in [1.807, 2.05) is 0 Å². The molecule has 0 aromatic heterocycles. The van der Waals surface area contributed by atoms with Crippen LogP contribution >= 0.6 is 0 Å². The van der Waals surface area contributed by atoms with Crippen LogP contribution in [0.1, 0.15) is 37.3 Å². The van der Waals surface area contributed by atoms with E-state index in [0.29, 0.717) is 5.41 Å². The molecule has 0 unspecified atom stereocenters. The predicted octanol–water partition coefficient (Wildman–Crippen LogP) is 3.16. The Hall–Kier alpha value is -0.860. The highest BCUT2D eigenvalue weighted by atomic mass is 15.1. The zero-order chi connectivity index (χ0) is 14.6. The fourth-order valence-corrected chi connectivity index (χ4v) is 3.69. The molecule has 0 atom stereocenters. The van der Waals surface area contributed by atoms with E-state index in [9.17, 15) is 0 Å². The molecule has 0 aliphatic carbocycles. The van der Waals surface area contributed by atoms with Crippen LogP contribution < -0.4 is 0 Å². The summed E-state index contributed by atoms with van der Waals surface area (Å²) in [4.78, 5) is 4.84. The Morgan fingerprint density at radius 2 is 1.80 bits per heavy atom. The Labute approximate surface area is 124 Å². The van der Waals surface area contributed by atoms with Crippen LogP contribution in [0.2, 0.25) is 0 Å². The van der Waals surface area contributed by atoms with Crippen LogP contribution in [0.5, 0.6) is 0 Å². The second-order valence-corrected chi connectivity index (χ2v) is 6.73. The minimum Gasteiger partial charge on any atom is -0.309 e. The monoisotopic (exact) mass is 274 g/mol. The minimum atomic E-state index is 0.349. The van der Waals surface area contributed by atoms with E-state index in [-0.39, 0.29) is 0 Å². The number of aryl methyl sites for hydroxylation is 1. The Bertz CT molecular complexity index is 417. The number of benzene rings is 1. The molecule has 1 aromatic rings. The molecule has 112 valence electrons. The van der Waals surface area contributed by atoms with Gasteiger partial charge in [0, 0.05) is 12.0 Å². The Kier molecular flexibility index (Phi) is 5.22. The maximum atomic E-state index is 2.47. The van der Waals surface area contributed by atoms with Crippen LogP contribution in [0, 0.1) is 0 Å². The first kappa shape index (κ1) is 15.5. The van der Waals surface area contributed by atoms with Crippen LogP contribution in [0.15, 0.2) is 24.3 Å². The van der Waals surface area contributed by atoms with Gasteiger partial charge in [0.05, 0.1) is 0 Å². The largest absolute Gasteiger partial charge is 0.309 e. The molecule has 2 rings (SSSR count). The van der Waals surface area contributed by atoms with E-state index >= 15 is 0 Å². The molecular formula is C18H30N2. The van der Waals surface area contributed by atoms with Crippen molar-refractivity contribution in [2.24, 2.45) is 0 Å². The van der Waals surface area contributed by atoms with Crippen molar-refractivity contribution in [3.8, 4) is 0 Å². The number of likely N-dealkylation sites (tertiary alicyclic amines) is 1. The van der Waals surface area contributed by atoms with Crippen LogP contribution in [0.4, 0.5) is 0 Å². The molecule has 0 saturated carbocycles. The highest BCUT2D eigenvalue weighted by Crippen LogP contribution is 2.38. The minimum absolute atomic E-state index is 0.349. The van der Waals surface area contributed by atoms with Crippen LogP contribution in [0.25, 0.3) is 0 Å². The quantitative estimate of drug-likeness (QED) is 0.814. The van der Waals surface area contributed by atoms with E-state index in [2.05, 4.69) is 62.1 Å². The van der Waals surface area contributed by atoms with Crippen LogP contribution in [-0.2, 0) is 11.8 Å². The van der Waals surface area contributed by atoms with Crippen molar-refractivity contribution in [2.45, 2.75) is 38.0 Å². The van der Waals surface area contributed by atoms with Gasteiger partial charge in [-0.05, 0) is 64.6 Å². The molecule has 0 spiro atoms. The lowest BCUT2D eigenvalue weighted by Gasteiger charge is -2.43. The van der Waals surface area contributed by atoms with Crippen molar-refractivity contribution < 1.29 is 0 Å². The average Bonchev–Trinajstić information content (AvgIpc) is 2.42. The molecule has 0 N–H and O–H groups in total. The molecule has 1 aliphatic heterocycles. The Morgan fingerprint density at radius 1 is 1.15 bits per heavy atom. The highest BCUT2D eigenvalue weighted by molar-refractivity contribution is 5.36. The molecule has 0 amide bonds. The van der Waals surface area contributed by atoms with Gasteiger partial charge >= 0.3 is 0 Å². The Balaban J connectivity index is 2.36. The highest BCUT2D eigenvalue weighted by Gasteiger charge is 2.37. The van der Waals surface area contributed by atoms with Crippen molar-refractivity contribution >= 4 is 0 Å². The summed E-state index contributed by atoms with van der Waals surface area (Å²) < 4.78 is 0. The SMILES string of the molecule is CCCc1ccccc1C1(CN(C)C)CCN(C)CC1. The first-order chi connectivity index (χ1) is 9.57. The number of hydrogen-bond acceptors (Lipinski definition) is 2. The fourth-order valence-electron chi connectivity index (χ4n) is 3.69. The van der Waals surface area contributed by atoms with Crippen molar-refractivity contribution in [2.75, 3.05) is 40.8 Å². The molecule has 1 heterocycles. The summed E-state index contributed by atoms with van der Waals surface area (Å²) in [5, 5.41) is 0. The molecule has 0 bridgehead atoms. The number of nitrogens with zero attached hydrogens (tertiary/aromatic N) is 2. The normalized spacial score (nSPS) is 19.4. The van der Waals surface area contributed by atoms with Gasteiger partial charge < -0.3 is 9.80 Å². The molecule has 0 radical (unpaired) electrons. The van der Waals surface area contributed by atoms with Crippen LogP contribution in [0.3, 0.4) is 0 Å². The van der Waals surface area contributed by atoms with Crippen LogP contribution in [-0.4, -0.2) is 50.6 Å². The number of hydrogen-bond donors (Lipinski definition) is 0. The van der Waals surface area contributed by atoms with E-state index in [0.717, 1.165) is 0 Å². The standard InChI is InChI=1S/C18H30N2/c1-5-8-16-9-6-7-10-17(16)18(15-19(2)3)11-13-20(4)14-12-18/h6-7,9-10H,5,8,11-15H2,1-4H3. The van der Waals surface area contributed by atoms with Gasteiger partial charge in [-0.3, -0.25) is 0 Å². The summed E-state index contributed by atoms with van der Waals surface area (Å²) in [7, 11) is 6.67. The summed E-state index contributed by atoms with van der Waals surface area (Å²) in [6.45, 7) is 5.88. The molecule has 1 aromatic carbocycles. The third kappa shape index (κ3) is 3.42. The predicted molar refractivity (Wildman–Crippen MR) is 87.4 cm³/mol. The van der Waals surface area contributed by atoms with Crippen molar-refractivity contribution in [1.82, 2.24) is 9.80 Å². The summed E-state index contributed by atoms with van der Waals surface area (Å²) in [6.07, 6.45) is 5.00. The summed E-state index contributed by atoms with van der Waals surface area (Å²) >= 11 is 0.